The van der Waals surface area contributed by atoms with Gasteiger partial charge in [0, 0.05) is 30.2 Å². The van der Waals surface area contributed by atoms with Gasteiger partial charge in [-0.3, -0.25) is 9.71 Å². The number of nitriles is 1. The van der Waals surface area contributed by atoms with Crippen molar-refractivity contribution in [2.45, 2.75) is 37.3 Å². The molecule has 40 heavy (non-hydrogen) atoms. The number of rotatable bonds is 9. The fourth-order valence-electron chi connectivity index (χ4n) is 4.08. The van der Waals surface area contributed by atoms with Gasteiger partial charge in [-0.1, -0.05) is 19.1 Å². The summed E-state index contributed by atoms with van der Waals surface area (Å²) in [6.07, 6.45) is 5.55. The van der Waals surface area contributed by atoms with Crippen molar-refractivity contribution in [1.29, 1.82) is 5.26 Å². The second-order valence-electron chi connectivity index (χ2n) is 9.28. The van der Waals surface area contributed by atoms with Crippen molar-refractivity contribution < 1.29 is 27.7 Å². The Morgan fingerprint density at radius 3 is 2.62 bits per heavy atom. The fraction of sp³-hybridized carbons (Fsp3) is 0.321. The number of aliphatic hydroxyl groups is 1. The van der Waals surface area contributed by atoms with Gasteiger partial charge in [-0.2, -0.15) is 5.26 Å². The van der Waals surface area contributed by atoms with E-state index in [0.29, 0.717) is 34.9 Å². The third-order valence-corrected chi connectivity index (χ3v) is 7.62. The molecule has 4 rings (SSSR count). The highest BCUT2D eigenvalue weighted by molar-refractivity contribution is 7.90. The van der Waals surface area contributed by atoms with Crippen LogP contribution in [0.2, 0.25) is 0 Å². The van der Waals surface area contributed by atoms with Gasteiger partial charge in [0.2, 0.25) is 0 Å². The lowest BCUT2D eigenvalue weighted by Crippen LogP contribution is -2.49. The molecule has 2 aromatic rings. The Hall–Kier alpha value is -4.34. The lowest BCUT2D eigenvalue weighted by Gasteiger charge is -2.31. The molecule has 0 saturated heterocycles. The molecule has 210 valence electrons. The predicted molar refractivity (Wildman–Crippen MR) is 151 cm³/mol. The summed E-state index contributed by atoms with van der Waals surface area (Å²) in [4.78, 5) is 9.43. The number of aliphatic imine (C=N–C) groups is 2. The van der Waals surface area contributed by atoms with E-state index in [-0.39, 0.29) is 35.1 Å². The van der Waals surface area contributed by atoms with E-state index in [1.807, 2.05) is 31.2 Å². The van der Waals surface area contributed by atoms with Gasteiger partial charge in [-0.15, -0.1) is 0 Å². The largest absolute Gasteiger partial charge is 0.497 e. The van der Waals surface area contributed by atoms with Gasteiger partial charge in [0.1, 0.15) is 11.4 Å². The van der Waals surface area contributed by atoms with Gasteiger partial charge in [0.05, 0.1) is 49.5 Å². The number of nitrogens with one attached hydrogen (secondary N) is 2. The van der Waals surface area contributed by atoms with E-state index in [0.717, 1.165) is 5.70 Å². The van der Waals surface area contributed by atoms with Crippen molar-refractivity contribution in [3.63, 3.8) is 0 Å². The predicted octanol–water partition coefficient (Wildman–Crippen LogP) is 3.19. The lowest BCUT2D eigenvalue weighted by atomic mass is 9.93. The van der Waals surface area contributed by atoms with Crippen molar-refractivity contribution in [3.05, 3.63) is 65.9 Å². The van der Waals surface area contributed by atoms with Gasteiger partial charge in [0.15, 0.2) is 23.2 Å². The van der Waals surface area contributed by atoms with Crippen LogP contribution in [0.4, 0.5) is 5.69 Å². The molecule has 0 amide bonds. The van der Waals surface area contributed by atoms with Crippen molar-refractivity contribution in [1.82, 2.24) is 10.0 Å². The standard InChI is InChI=1S/C28H31N5O6S/c1-17-6-5-7-22-25(17)32-28(33-40(35,36)21-10-8-19(16-29)9-11-21)27(30-22)31-23-14-20(37-3)15-24(38-4)26(23)39-13-12-18(2)34/h5-11,14-15,17-18,25,34H,12-13H2,1-4H3,(H,30,31)(H,32,33). The first-order chi connectivity index (χ1) is 19.1. The topological polar surface area (TPSA) is 155 Å². The number of amidine groups is 2. The van der Waals surface area contributed by atoms with Crippen LogP contribution < -0.4 is 24.2 Å². The highest BCUT2D eigenvalue weighted by Gasteiger charge is 2.32. The smallest absolute Gasteiger partial charge is 0.263 e. The van der Waals surface area contributed by atoms with E-state index in [9.17, 15) is 13.5 Å². The molecule has 2 aromatic carbocycles. The number of sulfonamides is 1. The summed E-state index contributed by atoms with van der Waals surface area (Å²) in [6.45, 7) is 3.83. The minimum Gasteiger partial charge on any atom is -0.497 e. The Bertz CT molecular complexity index is 1520. The maximum absolute atomic E-state index is 13.3. The van der Waals surface area contributed by atoms with E-state index in [4.69, 9.17) is 29.5 Å². The molecule has 0 spiro atoms. The summed E-state index contributed by atoms with van der Waals surface area (Å²) in [5.74, 6) is 1.23. The van der Waals surface area contributed by atoms with Crippen LogP contribution in [0, 0.1) is 17.2 Å². The lowest BCUT2D eigenvalue weighted by molar-refractivity contribution is 0.154. The second kappa shape index (κ2) is 12.2. The van der Waals surface area contributed by atoms with E-state index in [1.165, 1.54) is 38.5 Å². The van der Waals surface area contributed by atoms with E-state index in [1.54, 1.807) is 19.1 Å². The number of ether oxygens (including phenoxy) is 3. The van der Waals surface area contributed by atoms with Gasteiger partial charge >= 0.3 is 0 Å². The Balaban J connectivity index is 1.80. The Kier molecular flexibility index (Phi) is 8.77. The third kappa shape index (κ3) is 6.44. The second-order valence-corrected chi connectivity index (χ2v) is 11.0. The van der Waals surface area contributed by atoms with E-state index >= 15 is 0 Å². The summed E-state index contributed by atoms with van der Waals surface area (Å²) < 4.78 is 46.1. The third-order valence-electron chi connectivity index (χ3n) is 6.27. The first kappa shape index (κ1) is 28.7. The maximum Gasteiger partial charge on any atom is 0.263 e. The molecule has 3 atom stereocenters. The monoisotopic (exact) mass is 565 g/mol. The molecule has 12 heteroatoms. The molecule has 0 fully saturated rings. The number of benzene rings is 2. The van der Waals surface area contributed by atoms with E-state index < -0.39 is 16.1 Å². The number of hydrogen-bond donors (Lipinski definition) is 3. The van der Waals surface area contributed by atoms with Crippen LogP contribution in [0.1, 0.15) is 25.8 Å². The molecule has 3 N–H and O–H groups in total. The first-order valence-corrected chi connectivity index (χ1v) is 14.1. The number of aliphatic hydroxyl groups excluding tert-OH is 1. The zero-order valence-electron chi connectivity index (χ0n) is 22.6. The van der Waals surface area contributed by atoms with E-state index in [2.05, 4.69) is 10.0 Å². The molecule has 0 aromatic heterocycles. The van der Waals surface area contributed by atoms with Crippen molar-refractivity contribution in [2.24, 2.45) is 15.9 Å². The Morgan fingerprint density at radius 1 is 1.23 bits per heavy atom. The summed E-state index contributed by atoms with van der Waals surface area (Å²) in [5.41, 5.74) is 1.39. The molecule has 0 radical (unpaired) electrons. The van der Waals surface area contributed by atoms with Gasteiger partial charge in [-0.05, 0) is 37.3 Å². The molecule has 1 aliphatic carbocycles. The molecule has 0 saturated carbocycles. The molecule has 0 bridgehead atoms. The molecular formula is C28H31N5O6S. The zero-order chi connectivity index (χ0) is 28.9. The number of hydrogen-bond acceptors (Lipinski definition) is 9. The summed E-state index contributed by atoms with van der Waals surface area (Å²) in [6, 6.07) is 10.5. The summed E-state index contributed by atoms with van der Waals surface area (Å²) >= 11 is 0. The number of fused-ring (bicyclic) bond motifs is 1. The highest BCUT2D eigenvalue weighted by atomic mass is 32.2. The van der Waals surface area contributed by atoms with Gasteiger partial charge < -0.3 is 24.6 Å². The first-order valence-electron chi connectivity index (χ1n) is 12.6. The normalized spacial score (nSPS) is 19.9. The average molecular weight is 566 g/mol. The van der Waals surface area contributed by atoms with Crippen LogP contribution in [0.15, 0.2) is 75.2 Å². The van der Waals surface area contributed by atoms with Crippen LogP contribution in [0.25, 0.3) is 0 Å². The number of allylic oxidation sites excluding steroid dienone is 2. The van der Waals surface area contributed by atoms with Gasteiger partial charge in [-0.25, -0.2) is 13.4 Å². The molecular weight excluding hydrogens is 534 g/mol. The van der Waals surface area contributed by atoms with Crippen LogP contribution in [0.3, 0.4) is 0 Å². The average Bonchev–Trinajstić information content (AvgIpc) is 2.94. The highest BCUT2D eigenvalue weighted by Crippen LogP contribution is 2.42. The SMILES string of the molecule is COc1cc(N=C2NC3=CC=CC(C)C3N=C2NS(=O)(=O)c2ccc(C#N)cc2)c(OCCC(C)O)c(OC)c1. The summed E-state index contributed by atoms with van der Waals surface area (Å²) in [7, 11) is -1.10. The van der Waals surface area contributed by atoms with Crippen molar-refractivity contribution in [3.8, 4) is 23.3 Å². The molecule has 2 aliphatic rings. The maximum atomic E-state index is 13.3. The van der Waals surface area contributed by atoms with Gasteiger partial charge in [0.25, 0.3) is 10.0 Å². The zero-order valence-corrected chi connectivity index (χ0v) is 23.4. The Labute approximate surface area is 233 Å². The summed E-state index contributed by atoms with van der Waals surface area (Å²) in [5, 5.41) is 22.0. The molecule has 1 heterocycles. The van der Waals surface area contributed by atoms with Crippen LogP contribution in [-0.4, -0.2) is 58.2 Å². The van der Waals surface area contributed by atoms with Crippen molar-refractivity contribution in [2.75, 3.05) is 20.8 Å². The van der Waals surface area contributed by atoms with Crippen LogP contribution >= 0.6 is 0 Å². The minimum atomic E-state index is -4.08. The van der Waals surface area contributed by atoms with Crippen LogP contribution in [-0.2, 0) is 10.0 Å². The molecule has 3 unspecified atom stereocenters. The molecule has 11 nitrogen and oxygen atoms in total. The number of nitrogens with zero attached hydrogens (tertiary/aromatic N) is 3. The Morgan fingerprint density at radius 2 is 1.98 bits per heavy atom. The molecule has 1 aliphatic heterocycles. The number of methoxy groups -OCH3 is 2. The minimum absolute atomic E-state index is 0.000236. The fourth-order valence-corrected chi connectivity index (χ4v) is 5.10. The van der Waals surface area contributed by atoms with Crippen molar-refractivity contribution >= 4 is 27.4 Å². The van der Waals surface area contributed by atoms with Crippen LogP contribution in [0.5, 0.6) is 17.2 Å². The quantitative estimate of drug-likeness (QED) is 0.419.